The third-order valence-electron chi connectivity index (χ3n) is 7.19. The van der Waals surface area contributed by atoms with Crippen LogP contribution in [0.3, 0.4) is 0 Å². The van der Waals surface area contributed by atoms with Gasteiger partial charge in [-0.15, -0.1) is 0 Å². The highest BCUT2D eigenvalue weighted by Crippen LogP contribution is 2.27. The van der Waals surface area contributed by atoms with Crippen molar-refractivity contribution in [1.82, 2.24) is 10.2 Å². The molecule has 0 aliphatic carbocycles. The van der Waals surface area contributed by atoms with Crippen LogP contribution in [0.15, 0.2) is 114 Å². The summed E-state index contributed by atoms with van der Waals surface area (Å²) in [6, 6.07) is 30.1. The van der Waals surface area contributed by atoms with Gasteiger partial charge in [-0.3, -0.25) is 13.9 Å². The molecule has 0 spiro atoms. The molecule has 4 aromatic carbocycles. The number of carbonyl (C=O) groups excluding carboxylic acids is 2. The van der Waals surface area contributed by atoms with Gasteiger partial charge >= 0.3 is 0 Å². The maximum atomic E-state index is 14.4. The standard InChI is InChI=1S/C35H38ClN3O5S/c1-26(2)23-37-35(41)33(22-27-10-6-4-7-11-27)38(24-28-12-8-5-9-13-28)34(40)25-39(30-16-14-29(36)15-17-30)45(42,43)32-20-18-31(44-3)19-21-32/h4-21,26,33H,22-25H2,1-3H3,(H,37,41)/t33-/m0/s1. The van der Waals surface area contributed by atoms with Gasteiger partial charge in [-0.2, -0.15) is 0 Å². The van der Waals surface area contributed by atoms with Crippen LogP contribution >= 0.6 is 11.6 Å². The van der Waals surface area contributed by atoms with Crippen molar-refractivity contribution in [3.05, 3.63) is 125 Å². The van der Waals surface area contributed by atoms with Gasteiger partial charge < -0.3 is 15.0 Å². The van der Waals surface area contributed by atoms with Crippen LogP contribution in [0, 0.1) is 5.92 Å². The number of hydrogen-bond acceptors (Lipinski definition) is 5. The first kappa shape index (κ1) is 33.6. The second-order valence-corrected chi connectivity index (χ2v) is 13.3. The summed E-state index contributed by atoms with van der Waals surface area (Å²) in [7, 11) is -2.74. The van der Waals surface area contributed by atoms with Crippen LogP contribution in [-0.2, 0) is 32.6 Å². The van der Waals surface area contributed by atoms with E-state index in [-0.39, 0.29) is 35.4 Å². The first-order valence-corrected chi connectivity index (χ1v) is 16.5. The number of anilines is 1. The number of methoxy groups -OCH3 is 1. The molecule has 0 aliphatic heterocycles. The monoisotopic (exact) mass is 647 g/mol. The Morgan fingerprint density at radius 3 is 1.96 bits per heavy atom. The zero-order chi connectivity index (χ0) is 32.4. The van der Waals surface area contributed by atoms with Gasteiger partial charge in [0, 0.05) is 24.5 Å². The van der Waals surface area contributed by atoms with E-state index in [9.17, 15) is 18.0 Å². The Balaban J connectivity index is 1.78. The summed E-state index contributed by atoms with van der Waals surface area (Å²) in [5.41, 5.74) is 1.93. The minimum Gasteiger partial charge on any atom is -0.497 e. The number of benzene rings is 4. The fourth-order valence-electron chi connectivity index (χ4n) is 4.77. The van der Waals surface area contributed by atoms with Gasteiger partial charge in [0.2, 0.25) is 11.8 Å². The predicted molar refractivity (Wildman–Crippen MR) is 178 cm³/mol. The highest BCUT2D eigenvalue weighted by atomic mass is 35.5. The van der Waals surface area contributed by atoms with E-state index in [4.69, 9.17) is 16.3 Å². The fourth-order valence-corrected chi connectivity index (χ4v) is 6.31. The van der Waals surface area contributed by atoms with Crippen LogP contribution in [0.5, 0.6) is 5.75 Å². The Kier molecular flexibility index (Phi) is 11.6. The van der Waals surface area contributed by atoms with Gasteiger partial charge in [-0.25, -0.2) is 8.42 Å². The number of ether oxygens (including phenoxy) is 1. The number of halogens is 1. The van der Waals surface area contributed by atoms with Crippen molar-refractivity contribution in [2.45, 2.75) is 37.8 Å². The minimum atomic E-state index is -4.23. The molecule has 45 heavy (non-hydrogen) atoms. The molecule has 1 N–H and O–H groups in total. The molecule has 0 saturated heterocycles. The van der Waals surface area contributed by atoms with Crippen molar-refractivity contribution in [2.24, 2.45) is 5.92 Å². The zero-order valence-corrected chi connectivity index (χ0v) is 27.2. The van der Waals surface area contributed by atoms with Crippen molar-refractivity contribution < 1.29 is 22.7 Å². The zero-order valence-electron chi connectivity index (χ0n) is 25.6. The van der Waals surface area contributed by atoms with Crippen LogP contribution in [0.25, 0.3) is 0 Å². The number of carbonyl (C=O) groups is 2. The summed E-state index contributed by atoms with van der Waals surface area (Å²) < 4.78 is 34.5. The number of rotatable bonds is 14. The Morgan fingerprint density at radius 1 is 0.822 bits per heavy atom. The first-order valence-electron chi connectivity index (χ1n) is 14.7. The third kappa shape index (κ3) is 9.09. The van der Waals surface area contributed by atoms with Crippen LogP contribution in [0.2, 0.25) is 5.02 Å². The second kappa shape index (κ2) is 15.6. The van der Waals surface area contributed by atoms with Gasteiger partial charge in [0.05, 0.1) is 17.7 Å². The maximum absolute atomic E-state index is 14.4. The van der Waals surface area contributed by atoms with Gasteiger partial charge in [0.15, 0.2) is 0 Å². The first-order chi connectivity index (χ1) is 21.6. The lowest BCUT2D eigenvalue weighted by Crippen LogP contribution is -2.53. The molecule has 236 valence electrons. The highest BCUT2D eigenvalue weighted by Gasteiger charge is 2.34. The normalized spacial score (nSPS) is 11.9. The molecule has 0 heterocycles. The van der Waals surface area contributed by atoms with E-state index < -0.39 is 28.5 Å². The van der Waals surface area contributed by atoms with Crippen LogP contribution in [-0.4, -0.2) is 51.4 Å². The summed E-state index contributed by atoms with van der Waals surface area (Å²) in [4.78, 5) is 29.7. The molecule has 0 radical (unpaired) electrons. The summed E-state index contributed by atoms with van der Waals surface area (Å²) in [5.74, 6) is -0.160. The number of hydrogen-bond donors (Lipinski definition) is 1. The second-order valence-electron chi connectivity index (χ2n) is 11.0. The van der Waals surface area contributed by atoms with Gasteiger partial charge in [0.25, 0.3) is 10.0 Å². The molecule has 8 nitrogen and oxygen atoms in total. The number of nitrogens with zero attached hydrogens (tertiary/aromatic N) is 2. The molecule has 0 aromatic heterocycles. The molecule has 4 rings (SSSR count). The topological polar surface area (TPSA) is 96.0 Å². The molecular weight excluding hydrogens is 610 g/mol. The van der Waals surface area contributed by atoms with Crippen molar-refractivity contribution in [1.29, 1.82) is 0 Å². The van der Waals surface area contributed by atoms with E-state index in [0.717, 1.165) is 15.4 Å². The van der Waals surface area contributed by atoms with E-state index in [1.165, 1.54) is 24.1 Å². The average Bonchev–Trinajstić information content (AvgIpc) is 3.05. The molecular formula is C35H38ClN3O5S. The van der Waals surface area contributed by atoms with Crippen LogP contribution in [0.4, 0.5) is 5.69 Å². The third-order valence-corrected chi connectivity index (χ3v) is 9.23. The summed E-state index contributed by atoms with van der Waals surface area (Å²) >= 11 is 6.13. The SMILES string of the molecule is COc1ccc(S(=O)(=O)N(CC(=O)N(Cc2ccccc2)[C@@H](Cc2ccccc2)C(=O)NCC(C)C)c2ccc(Cl)cc2)cc1. The smallest absolute Gasteiger partial charge is 0.264 e. The van der Waals surface area contributed by atoms with Gasteiger partial charge in [-0.1, -0.05) is 86.1 Å². The lowest BCUT2D eigenvalue weighted by atomic mass is 10.0. The molecule has 4 aromatic rings. The molecule has 1 atom stereocenters. The Labute approximate surface area is 270 Å². The highest BCUT2D eigenvalue weighted by molar-refractivity contribution is 7.92. The molecule has 0 bridgehead atoms. The Hall–Kier alpha value is -4.34. The minimum absolute atomic E-state index is 0.0174. The lowest BCUT2D eigenvalue weighted by molar-refractivity contribution is -0.140. The Morgan fingerprint density at radius 2 is 1.40 bits per heavy atom. The largest absolute Gasteiger partial charge is 0.497 e. The van der Waals surface area contributed by atoms with Crippen LogP contribution in [0.1, 0.15) is 25.0 Å². The summed E-state index contributed by atoms with van der Waals surface area (Å²) in [5, 5.41) is 3.41. The van der Waals surface area contributed by atoms with Gasteiger partial charge in [0.1, 0.15) is 18.3 Å². The van der Waals surface area contributed by atoms with Crippen molar-refractivity contribution >= 4 is 39.1 Å². The number of nitrogens with one attached hydrogen (secondary N) is 1. The van der Waals surface area contributed by atoms with E-state index in [1.807, 2.05) is 74.5 Å². The number of amides is 2. The molecule has 10 heteroatoms. The van der Waals surface area contributed by atoms with Gasteiger partial charge in [-0.05, 0) is 65.6 Å². The van der Waals surface area contributed by atoms with Crippen molar-refractivity contribution in [2.75, 3.05) is 24.5 Å². The molecule has 0 fully saturated rings. The van der Waals surface area contributed by atoms with Crippen LogP contribution < -0.4 is 14.4 Å². The maximum Gasteiger partial charge on any atom is 0.264 e. The van der Waals surface area contributed by atoms with E-state index in [0.29, 0.717) is 17.3 Å². The molecule has 0 aliphatic rings. The summed E-state index contributed by atoms with van der Waals surface area (Å²) in [6.07, 6.45) is 0.246. The molecule has 0 saturated carbocycles. The molecule has 0 unspecified atom stereocenters. The van der Waals surface area contributed by atoms with E-state index >= 15 is 0 Å². The number of sulfonamides is 1. The van der Waals surface area contributed by atoms with E-state index in [2.05, 4.69) is 5.32 Å². The summed E-state index contributed by atoms with van der Waals surface area (Å²) in [6.45, 7) is 3.97. The van der Waals surface area contributed by atoms with Crippen molar-refractivity contribution in [3.63, 3.8) is 0 Å². The fraction of sp³-hybridized carbons (Fsp3) is 0.257. The average molecular weight is 648 g/mol. The molecule has 2 amide bonds. The van der Waals surface area contributed by atoms with E-state index in [1.54, 1.807) is 36.4 Å². The quantitative estimate of drug-likeness (QED) is 0.182. The lowest BCUT2D eigenvalue weighted by Gasteiger charge is -2.34. The predicted octanol–water partition coefficient (Wildman–Crippen LogP) is 5.96. The van der Waals surface area contributed by atoms with Crippen molar-refractivity contribution in [3.8, 4) is 5.75 Å². The Bertz CT molecular complexity index is 1650.